The van der Waals surface area contributed by atoms with Gasteiger partial charge in [0.2, 0.25) is 11.9 Å². The number of amides is 1. The van der Waals surface area contributed by atoms with Crippen LogP contribution < -0.4 is 10.6 Å². The molecule has 0 aliphatic carbocycles. The minimum Gasteiger partial charge on any atom is -0.369 e. The van der Waals surface area contributed by atoms with Gasteiger partial charge in [0.1, 0.15) is 5.82 Å². The van der Waals surface area contributed by atoms with E-state index in [1.165, 1.54) is 0 Å². The summed E-state index contributed by atoms with van der Waals surface area (Å²) in [4.78, 5) is 22.5. The highest BCUT2D eigenvalue weighted by molar-refractivity contribution is 5.76. The third-order valence-corrected chi connectivity index (χ3v) is 4.07. The number of nitrogens with one attached hydrogen (secondary N) is 2. The molecule has 8 heteroatoms. The first-order chi connectivity index (χ1) is 12.3. The van der Waals surface area contributed by atoms with Crippen molar-refractivity contribution in [1.82, 2.24) is 25.1 Å². The SMILES string of the molecule is CCNc1cc2c(nn1)CCN(C(=O)CCCNc1ncccn1)C2. The first-order valence-corrected chi connectivity index (χ1v) is 8.64. The van der Waals surface area contributed by atoms with Crippen molar-refractivity contribution >= 4 is 17.7 Å². The molecule has 1 aliphatic heterocycles. The Kier molecular flexibility index (Phi) is 5.71. The molecule has 3 rings (SSSR count). The summed E-state index contributed by atoms with van der Waals surface area (Å²) in [5.74, 6) is 1.53. The highest BCUT2D eigenvalue weighted by Crippen LogP contribution is 2.19. The number of anilines is 2. The summed E-state index contributed by atoms with van der Waals surface area (Å²) in [6.45, 7) is 4.81. The van der Waals surface area contributed by atoms with Crippen LogP contribution in [0.15, 0.2) is 24.5 Å². The maximum Gasteiger partial charge on any atom is 0.222 e. The predicted molar refractivity (Wildman–Crippen MR) is 95.1 cm³/mol. The Hall–Kier alpha value is -2.77. The lowest BCUT2D eigenvalue weighted by atomic mass is 10.1. The summed E-state index contributed by atoms with van der Waals surface area (Å²) in [5.41, 5.74) is 2.08. The summed E-state index contributed by atoms with van der Waals surface area (Å²) in [6.07, 6.45) is 5.40. The van der Waals surface area contributed by atoms with Gasteiger partial charge in [-0.2, -0.15) is 5.10 Å². The summed E-state index contributed by atoms with van der Waals surface area (Å²) in [7, 11) is 0. The molecule has 1 aliphatic rings. The zero-order valence-electron chi connectivity index (χ0n) is 14.4. The fraction of sp³-hybridized carbons (Fsp3) is 0.471. The van der Waals surface area contributed by atoms with E-state index in [1.54, 1.807) is 18.5 Å². The maximum atomic E-state index is 12.4. The molecule has 0 saturated heterocycles. The molecule has 0 saturated carbocycles. The van der Waals surface area contributed by atoms with E-state index < -0.39 is 0 Å². The molecule has 132 valence electrons. The summed E-state index contributed by atoms with van der Waals surface area (Å²) < 4.78 is 0. The van der Waals surface area contributed by atoms with Crippen LogP contribution in [0.5, 0.6) is 0 Å². The van der Waals surface area contributed by atoms with E-state index in [2.05, 4.69) is 30.8 Å². The molecule has 2 N–H and O–H groups in total. The Labute approximate surface area is 147 Å². The molecule has 1 amide bonds. The lowest BCUT2D eigenvalue weighted by Gasteiger charge is -2.28. The Morgan fingerprint density at radius 1 is 1.24 bits per heavy atom. The standard InChI is InChI=1S/C17H23N7O/c1-2-18-15-11-13-12-24(10-6-14(13)22-23-15)16(25)5-3-7-19-17-20-8-4-9-21-17/h4,8-9,11H,2-3,5-7,10,12H2,1H3,(H,18,23)(H,19,20,21). The molecule has 0 atom stereocenters. The zero-order valence-corrected chi connectivity index (χ0v) is 14.4. The van der Waals surface area contributed by atoms with Crippen LogP contribution in [-0.2, 0) is 17.8 Å². The minimum atomic E-state index is 0.170. The molecular formula is C17H23N7O. The van der Waals surface area contributed by atoms with Crippen molar-refractivity contribution in [2.75, 3.05) is 30.3 Å². The van der Waals surface area contributed by atoms with Crippen LogP contribution in [0.3, 0.4) is 0 Å². The molecule has 0 radical (unpaired) electrons. The van der Waals surface area contributed by atoms with Crippen molar-refractivity contribution in [3.05, 3.63) is 35.8 Å². The third-order valence-electron chi connectivity index (χ3n) is 4.07. The lowest BCUT2D eigenvalue weighted by Crippen LogP contribution is -2.36. The molecule has 3 heterocycles. The van der Waals surface area contributed by atoms with Gasteiger partial charge in [-0.05, 0) is 31.0 Å². The minimum absolute atomic E-state index is 0.170. The van der Waals surface area contributed by atoms with Crippen LogP contribution >= 0.6 is 0 Å². The van der Waals surface area contributed by atoms with Gasteiger partial charge in [-0.3, -0.25) is 4.79 Å². The van der Waals surface area contributed by atoms with Gasteiger partial charge < -0.3 is 15.5 Å². The quantitative estimate of drug-likeness (QED) is 0.736. The van der Waals surface area contributed by atoms with Crippen molar-refractivity contribution in [2.45, 2.75) is 32.7 Å². The van der Waals surface area contributed by atoms with Crippen molar-refractivity contribution in [1.29, 1.82) is 0 Å². The number of carbonyl (C=O) groups excluding carboxylic acids is 1. The lowest BCUT2D eigenvalue weighted by molar-refractivity contribution is -0.132. The number of hydrogen-bond acceptors (Lipinski definition) is 7. The molecule has 0 aromatic carbocycles. The molecular weight excluding hydrogens is 318 g/mol. The zero-order chi connectivity index (χ0) is 17.5. The molecule has 2 aromatic heterocycles. The second kappa shape index (κ2) is 8.36. The van der Waals surface area contributed by atoms with Crippen LogP contribution in [0.4, 0.5) is 11.8 Å². The first kappa shape index (κ1) is 17.1. The van der Waals surface area contributed by atoms with E-state index in [4.69, 9.17) is 0 Å². The van der Waals surface area contributed by atoms with Gasteiger partial charge in [0.25, 0.3) is 0 Å². The van der Waals surface area contributed by atoms with Crippen LogP contribution in [0.1, 0.15) is 31.0 Å². The average molecular weight is 341 g/mol. The van der Waals surface area contributed by atoms with E-state index >= 15 is 0 Å². The maximum absolute atomic E-state index is 12.4. The van der Waals surface area contributed by atoms with E-state index in [1.807, 2.05) is 17.9 Å². The number of fused-ring (bicyclic) bond motifs is 1. The fourth-order valence-electron chi connectivity index (χ4n) is 2.80. The van der Waals surface area contributed by atoms with Gasteiger partial charge in [-0.1, -0.05) is 0 Å². The number of hydrogen-bond donors (Lipinski definition) is 2. The second-order valence-electron chi connectivity index (χ2n) is 5.90. The van der Waals surface area contributed by atoms with E-state index in [0.717, 1.165) is 36.5 Å². The van der Waals surface area contributed by atoms with E-state index in [0.29, 0.717) is 32.0 Å². The van der Waals surface area contributed by atoms with Gasteiger partial charge in [0.05, 0.1) is 5.69 Å². The first-order valence-electron chi connectivity index (χ1n) is 8.64. The van der Waals surface area contributed by atoms with Crippen LogP contribution in [0.25, 0.3) is 0 Å². The highest BCUT2D eigenvalue weighted by atomic mass is 16.2. The van der Waals surface area contributed by atoms with E-state index in [9.17, 15) is 4.79 Å². The Morgan fingerprint density at radius 2 is 2.08 bits per heavy atom. The Bertz CT molecular complexity index is 707. The highest BCUT2D eigenvalue weighted by Gasteiger charge is 2.22. The monoisotopic (exact) mass is 341 g/mol. The molecule has 0 unspecified atom stereocenters. The summed E-state index contributed by atoms with van der Waals surface area (Å²) >= 11 is 0. The fourth-order valence-corrected chi connectivity index (χ4v) is 2.80. The Morgan fingerprint density at radius 3 is 2.88 bits per heavy atom. The van der Waals surface area contributed by atoms with Gasteiger partial charge >= 0.3 is 0 Å². The Balaban J connectivity index is 1.47. The smallest absolute Gasteiger partial charge is 0.222 e. The number of nitrogens with zero attached hydrogens (tertiary/aromatic N) is 5. The van der Waals surface area contributed by atoms with Crippen molar-refractivity contribution < 1.29 is 4.79 Å². The second-order valence-corrected chi connectivity index (χ2v) is 5.90. The third kappa shape index (κ3) is 4.62. The normalized spacial score (nSPS) is 13.2. The van der Waals surface area contributed by atoms with Crippen molar-refractivity contribution in [3.8, 4) is 0 Å². The molecule has 0 fully saturated rings. The number of aromatic nitrogens is 4. The summed E-state index contributed by atoms with van der Waals surface area (Å²) in [5, 5.41) is 14.7. The summed E-state index contributed by atoms with van der Waals surface area (Å²) in [6, 6.07) is 3.77. The van der Waals surface area contributed by atoms with E-state index in [-0.39, 0.29) is 5.91 Å². The van der Waals surface area contributed by atoms with Crippen LogP contribution in [0.2, 0.25) is 0 Å². The molecule has 8 nitrogen and oxygen atoms in total. The van der Waals surface area contributed by atoms with Gasteiger partial charge in [0, 0.05) is 51.4 Å². The van der Waals surface area contributed by atoms with Crippen molar-refractivity contribution in [3.63, 3.8) is 0 Å². The van der Waals surface area contributed by atoms with Crippen LogP contribution in [0, 0.1) is 0 Å². The van der Waals surface area contributed by atoms with Gasteiger partial charge in [-0.15, -0.1) is 5.10 Å². The number of carbonyl (C=O) groups is 1. The van der Waals surface area contributed by atoms with Gasteiger partial charge in [-0.25, -0.2) is 9.97 Å². The number of rotatable bonds is 7. The molecule has 0 bridgehead atoms. The van der Waals surface area contributed by atoms with Crippen molar-refractivity contribution in [2.24, 2.45) is 0 Å². The topological polar surface area (TPSA) is 95.9 Å². The molecule has 25 heavy (non-hydrogen) atoms. The predicted octanol–water partition coefficient (Wildman–Crippen LogP) is 1.48. The average Bonchev–Trinajstić information content (AvgIpc) is 2.65. The van der Waals surface area contributed by atoms with Crippen LogP contribution in [-0.4, -0.2) is 50.6 Å². The molecule has 2 aromatic rings. The largest absolute Gasteiger partial charge is 0.369 e. The molecule has 0 spiro atoms. The van der Waals surface area contributed by atoms with Gasteiger partial charge in [0.15, 0.2) is 0 Å².